The number of aromatic nitrogens is 1. The van der Waals surface area contributed by atoms with Crippen LogP contribution in [0, 0.1) is 0 Å². The fourth-order valence-electron chi connectivity index (χ4n) is 2.06. The van der Waals surface area contributed by atoms with Crippen LogP contribution in [0.1, 0.15) is 68.8 Å². The summed E-state index contributed by atoms with van der Waals surface area (Å²) in [4.78, 5) is 15.9. The number of hydrogen-bond acceptors (Lipinski definition) is 2. The van der Waals surface area contributed by atoms with Gasteiger partial charge in [-0.25, -0.2) is 4.98 Å². The van der Waals surface area contributed by atoms with Crippen molar-refractivity contribution in [2.45, 2.75) is 58.3 Å². The third-order valence-electron chi connectivity index (χ3n) is 3.28. The van der Waals surface area contributed by atoms with Gasteiger partial charge in [0.15, 0.2) is 0 Å². The van der Waals surface area contributed by atoms with E-state index in [0.29, 0.717) is 5.69 Å². The molecule has 1 heterocycles. The quantitative estimate of drug-likeness (QED) is 0.626. The van der Waals surface area contributed by atoms with Gasteiger partial charge in [-0.1, -0.05) is 51.9 Å². The second-order valence-corrected chi connectivity index (χ2v) is 6.01. The van der Waals surface area contributed by atoms with Crippen molar-refractivity contribution in [2.75, 3.05) is 6.54 Å². The summed E-state index contributed by atoms with van der Waals surface area (Å²) in [5.74, 6) is -0.0829. The molecule has 0 unspecified atom stereocenters. The molecule has 0 fully saturated rings. The van der Waals surface area contributed by atoms with E-state index in [0.717, 1.165) is 17.4 Å². The summed E-state index contributed by atoms with van der Waals surface area (Å²) in [5, 5.41) is 2.91. The van der Waals surface area contributed by atoms with Crippen LogP contribution in [0.4, 0.5) is 0 Å². The first-order valence-corrected chi connectivity index (χ1v) is 8.43. The van der Waals surface area contributed by atoms with Gasteiger partial charge in [0.1, 0.15) is 5.69 Å². The minimum atomic E-state index is -0.0829. The van der Waals surface area contributed by atoms with Crippen molar-refractivity contribution in [3.8, 4) is 0 Å². The molecule has 1 rings (SSSR count). The van der Waals surface area contributed by atoms with Gasteiger partial charge in [0.05, 0.1) is 0 Å². The van der Waals surface area contributed by atoms with Crippen molar-refractivity contribution < 1.29 is 4.79 Å². The molecule has 0 spiro atoms. The molecule has 0 aliphatic carbocycles. The number of nitrogens with zero attached hydrogens (tertiary/aromatic N) is 1. The predicted octanol–water partition coefficient (Wildman–Crippen LogP) is 4.71. The third-order valence-corrected chi connectivity index (χ3v) is 3.74. The molecular formula is C16H25BrN2O. The second kappa shape index (κ2) is 10.8. The Labute approximate surface area is 130 Å². The Morgan fingerprint density at radius 2 is 1.75 bits per heavy atom. The van der Waals surface area contributed by atoms with E-state index in [1.807, 2.05) is 6.07 Å². The standard InChI is InChI=1S/C16H25BrN2O/c1-2-3-4-5-6-7-8-9-12-18-16(20)15-11-10-14(17)13-19-15/h10-11,13H,2-9,12H2,1H3,(H,18,20). The summed E-state index contributed by atoms with van der Waals surface area (Å²) in [6, 6.07) is 3.56. The lowest BCUT2D eigenvalue weighted by Crippen LogP contribution is -2.25. The van der Waals surface area contributed by atoms with E-state index >= 15 is 0 Å². The number of halogens is 1. The molecule has 1 amide bonds. The molecule has 112 valence electrons. The average molecular weight is 341 g/mol. The minimum absolute atomic E-state index is 0.0829. The summed E-state index contributed by atoms with van der Waals surface area (Å²) in [5.41, 5.74) is 0.479. The topological polar surface area (TPSA) is 42.0 Å². The summed E-state index contributed by atoms with van der Waals surface area (Å²) in [7, 11) is 0. The monoisotopic (exact) mass is 340 g/mol. The van der Waals surface area contributed by atoms with Gasteiger partial charge in [0.2, 0.25) is 0 Å². The predicted molar refractivity (Wildman–Crippen MR) is 86.9 cm³/mol. The van der Waals surface area contributed by atoms with Crippen LogP contribution in [0.5, 0.6) is 0 Å². The maximum absolute atomic E-state index is 11.8. The molecule has 0 saturated heterocycles. The van der Waals surface area contributed by atoms with E-state index in [4.69, 9.17) is 0 Å². The molecule has 1 N–H and O–H groups in total. The zero-order chi connectivity index (χ0) is 14.6. The molecule has 0 aliphatic rings. The number of unbranched alkanes of at least 4 members (excludes halogenated alkanes) is 7. The highest BCUT2D eigenvalue weighted by molar-refractivity contribution is 9.10. The highest BCUT2D eigenvalue weighted by Gasteiger charge is 2.05. The van der Waals surface area contributed by atoms with Crippen LogP contribution >= 0.6 is 15.9 Å². The van der Waals surface area contributed by atoms with Gasteiger partial charge >= 0.3 is 0 Å². The third kappa shape index (κ3) is 7.63. The maximum atomic E-state index is 11.8. The lowest BCUT2D eigenvalue weighted by molar-refractivity contribution is 0.0948. The Kier molecular flexibility index (Phi) is 9.29. The van der Waals surface area contributed by atoms with Gasteiger partial charge in [0.25, 0.3) is 5.91 Å². The van der Waals surface area contributed by atoms with E-state index in [1.54, 1.807) is 12.3 Å². The molecule has 0 radical (unpaired) electrons. The van der Waals surface area contributed by atoms with Crippen LogP contribution < -0.4 is 5.32 Å². The Bertz CT molecular complexity index is 379. The average Bonchev–Trinajstić information content (AvgIpc) is 2.46. The van der Waals surface area contributed by atoms with E-state index in [9.17, 15) is 4.79 Å². The van der Waals surface area contributed by atoms with E-state index in [1.165, 1.54) is 44.9 Å². The molecule has 0 aromatic carbocycles. The van der Waals surface area contributed by atoms with E-state index in [2.05, 4.69) is 33.2 Å². The van der Waals surface area contributed by atoms with E-state index in [-0.39, 0.29) is 5.91 Å². The Hall–Kier alpha value is -0.900. The van der Waals surface area contributed by atoms with Crippen LogP contribution in [-0.2, 0) is 0 Å². The molecule has 1 aromatic heterocycles. The number of nitrogens with one attached hydrogen (secondary N) is 1. The van der Waals surface area contributed by atoms with Gasteiger partial charge in [-0.3, -0.25) is 4.79 Å². The van der Waals surface area contributed by atoms with Crippen LogP contribution in [0.15, 0.2) is 22.8 Å². The van der Waals surface area contributed by atoms with Gasteiger partial charge in [0, 0.05) is 17.2 Å². The number of hydrogen-bond donors (Lipinski definition) is 1. The van der Waals surface area contributed by atoms with Crippen molar-refractivity contribution in [1.82, 2.24) is 10.3 Å². The first-order chi connectivity index (χ1) is 9.74. The fraction of sp³-hybridized carbons (Fsp3) is 0.625. The highest BCUT2D eigenvalue weighted by atomic mass is 79.9. The molecule has 3 nitrogen and oxygen atoms in total. The summed E-state index contributed by atoms with van der Waals surface area (Å²) in [6.45, 7) is 2.98. The largest absolute Gasteiger partial charge is 0.351 e. The molecule has 0 saturated carbocycles. The number of carbonyl (C=O) groups excluding carboxylic acids is 1. The zero-order valence-electron chi connectivity index (χ0n) is 12.3. The SMILES string of the molecule is CCCCCCCCCCNC(=O)c1ccc(Br)cn1. The van der Waals surface area contributed by atoms with E-state index < -0.39 is 0 Å². The summed E-state index contributed by atoms with van der Waals surface area (Å²) < 4.78 is 0.886. The number of pyridine rings is 1. The number of rotatable bonds is 10. The molecule has 20 heavy (non-hydrogen) atoms. The highest BCUT2D eigenvalue weighted by Crippen LogP contribution is 2.09. The van der Waals surface area contributed by atoms with Crippen molar-refractivity contribution in [2.24, 2.45) is 0 Å². The van der Waals surface area contributed by atoms with Crippen LogP contribution in [0.3, 0.4) is 0 Å². The van der Waals surface area contributed by atoms with Gasteiger partial charge in [-0.05, 0) is 34.5 Å². The molecule has 0 atom stereocenters. The van der Waals surface area contributed by atoms with Crippen LogP contribution in [0.2, 0.25) is 0 Å². The Balaban J connectivity index is 2.01. The molecule has 0 bridgehead atoms. The molecule has 4 heteroatoms. The van der Waals surface area contributed by atoms with Gasteiger partial charge in [-0.2, -0.15) is 0 Å². The smallest absolute Gasteiger partial charge is 0.269 e. The number of amides is 1. The van der Waals surface area contributed by atoms with Crippen molar-refractivity contribution in [3.05, 3.63) is 28.5 Å². The normalized spacial score (nSPS) is 10.5. The lowest BCUT2D eigenvalue weighted by atomic mass is 10.1. The lowest BCUT2D eigenvalue weighted by Gasteiger charge is -2.05. The van der Waals surface area contributed by atoms with Crippen molar-refractivity contribution in [3.63, 3.8) is 0 Å². The van der Waals surface area contributed by atoms with Crippen LogP contribution in [0.25, 0.3) is 0 Å². The second-order valence-electron chi connectivity index (χ2n) is 5.09. The molecule has 0 aliphatic heterocycles. The van der Waals surface area contributed by atoms with Gasteiger partial charge in [-0.15, -0.1) is 0 Å². The van der Waals surface area contributed by atoms with Gasteiger partial charge < -0.3 is 5.32 Å². The maximum Gasteiger partial charge on any atom is 0.269 e. The first kappa shape index (κ1) is 17.2. The van der Waals surface area contributed by atoms with Crippen molar-refractivity contribution in [1.29, 1.82) is 0 Å². The van der Waals surface area contributed by atoms with Crippen molar-refractivity contribution >= 4 is 21.8 Å². The van der Waals surface area contributed by atoms with Crippen LogP contribution in [-0.4, -0.2) is 17.4 Å². The first-order valence-electron chi connectivity index (χ1n) is 7.63. The Morgan fingerprint density at radius 1 is 1.10 bits per heavy atom. The summed E-state index contributed by atoms with van der Waals surface area (Å²) >= 11 is 3.30. The zero-order valence-corrected chi connectivity index (χ0v) is 13.9. The molecule has 1 aromatic rings. The fourth-order valence-corrected chi connectivity index (χ4v) is 2.30. The molecular weight excluding hydrogens is 316 g/mol. The number of carbonyl (C=O) groups is 1. The Morgan fingerprint density at radius 3 is 2.35 bits per heavy atom. The minimum Gasteiger partial charge on any atom is -0.351 e. The summed E-state index contributed by atoms with van der Waals surface area (Å²) in [6.07, 6.45) is 11.9.